The Morgan fingerprint density at radius 1 is 1.47 bits per heavy atom. The molecule has 0 rings (SSSR count). The molecule has 0 aromatic rings. The smallest absolute Gasteiger partial charge is 0.226 e. The summed E-state index contributed by atoms with van der Waals surface area (Å²) in [6.45, 7) is 3.72. The van der Waals surface area contributed by atoms with Crippen LogP contribution < -0.4 is 10.5 Å². The predicted molar refractivity (Wildman–Crippen MR) is 60.1 cm³/mol. The first-order chi connectivity index (χ1) is 6.69. The molecule has 7 heteroatoms. The maximum Gasteiger partial charge on any atom is 0.226 e. The van der Waals surface area contributed by atoms with Gasteiger partial charge < -0.3 is 5.32 Å². The summed E-state index contributed by atoms with van der Waals surface area (Å²) in [7, 11) is -3.44. The van der Waals surface area contributed by atoms with Gasteiger partial charge in [-0.1, -0.05) is 0 Å². The average Bonchev–Trinajstić information content (AvgIpc) is 2.10. The molecule has 0 aliphatic rings. The molecule has 0 spiro atoms. The van der Waals surface area contributed by atoms with Crippen LogP contribution in [0.15, 0.2) is 0 Å². The number of carbonyl (C=O) groups excluding carboxylic acids is 1. The number of rotatable bonds is 6. The molecule has 90 valence electrons. The Labute approximate surface area is 95.4 Å². The van der Waals surface area contributed by atoms with E-state index in [0.717, 1.165) is 0 Å². The monoisotopic (exact) mass is 256 g/mol. The van der Waals surface area contributed by atoms with E-state index in [1.54, 1.807) is 13.8 Å². The van der Waals surface area contributed by atoms with Crippen molar-refractivity contribution in [3.63, 3.8) is 0 Å². The first-order valence-corrected chi connectivity index (χ1v) is 6.79. The molecule has 0 fully saturated rings. The van der Waals surface area contributed by atoms with Gasteiger partial charge in [0, 0.05) is 12.4 Å². The molecule has 0 radical (unpaired) electrons. The summed E-state index contributed by atoms with van der Waals surface area (Å²) < 4.78 is 21.1. The number of sulfonamides is 1. The summed E-state index contributed by atoms with van der Waals surface area (Å²) in [6, 6.07) is 0. The maximum atomic E-state index is 11.4. The zero-order valence-corrected chi connectivity index (χ0v) is 10.5. The van der Waals surface area contributed by atoms with Crippen molar-refractivity contribution < 1.29 is 13.2 Å². The van der Waals surface area contributed by atoms with Gasteiger partial charge in [0.25, 0.3) is 0 Å². The number of nitrogens with one attached hydrogen (secondary N) is 1. The highest BCUT2D eigenvalue weighted by atomic mass is 35.5. The second-order valence-electron chi connectivity index (χ2n) is 3.99. The Bertz CT molecular complexity index is 314. The topological polar surface area (TPSA) is 89.3 Å². The molecule has 0 heterocycles. The number of nitrogens with two attached hydrogens (primary N) is 1. The molecule has 1 amide bonds. The lowest BCUT2D eigenvalue weighted by Crippen LogP contribution is -2.39. The summed E-state index contributed by atoms with van der Waals surface area (Å²) in [5.74, 6) is -0.102. The Kier molecular flexibility index (Phi) is 5.55. The van der Waals surface area contributed by atoms with Gasteiger partial charge in [-0.05, 0) is 20.3 Å². The molecule has 0 unspecified atom stereocenters. The minimum atomic E-state index is -3.44. The molecular formula is C8H17ClN2O3S. The quantitative estimate of drug-likeness (QED) is 0.520. The first-order valence-electron chi connectivity index (χ1n) is 4.54. The fourth-order valence-electron chi connectivity index (χ4n) is 0.775. The first kappa shape index (κ1) is 14.7. The number of primary sulfonamides is 1. The van der Waals surface area contributed by atoms with Gasteiger partial charge in [-0.25, -0.2) is 13.6 Å². The van der Waals surface area contributed by atoms with Crippen LogP contribution in [0.25, 0.3) is 0 Å². The van der Waals surface area contributed by atoms with Gasteiger partial charge in [-0.15, -0.1) is 11.6 Å². The number of hydrogen-bond donors (Lipinski definition) is 2. The van der Waals surface area contributed by atoms with Crippen molar-refractivity contribution in [2.75, 3.05) is 18.2 Å². The van der Waals surface area contributed by atoms with Crippen LogP contribution in [-0.4, -0.2) is 32.5 Å². The summed E-state index contributed by atoms with van der Waals surface area (Å²) >= 11 is 5.60. The maximum absolute atomic E-state index is 11.4. The summed E-state index contributed by atoms with van der Waals surface area (Å²) in [6.07, 6.45) is 0.308. The molecule has 0 bridgehead atoms. The number of halogens is 1. The Balaban J connectivity index is 3.84. The molecule has 0 saturated heterocycles. The zero-order valence-electron chi connectivity index (χ0n) is 8.92. The van der Waals surface area contributed by atoms with Gasteiger partial charge in [0.05, 0.1) is 11.2 Å². The van der Waals surface area contributed by atoms with E-state index >= 15 is 0 Å². The van der Waals surface area contributed by atoms with E-state index in [0.29, 0.717) is 6.42 Å². The van der Waals surface area contributed by atoms with Crippen LogP contribution in [0.4, 0.5) is 0 Å². The lowest BCUT2D eigenvalue weighted by molar-refractivity contribution is -0.128. The summed E-state index contributed by atoms with van der Waals surface area (Å²) in [5, 5.41) is 7.41. The third-order valence-corrected chi connectivity index (χ3v) is 3.37. The lowest BCUT2D eigenvalue weighted by Gasteiger charge is -2.20. The normalized spacial score (nSPS) is 12.5. The largest absolute Gasteiger partial charge is 0.356 e. The van der Waals surface area contributed by atoms with E-state index in [-0.39, 0.29) is 24.1 Å². The molecule has 0 aromatic carbocycles. The van der Waals surface area contributed by atoms with Crippen LogP contribution in [-0.2, 0) is 14.8 Å². The Hall–Kier alpha value is -0.330. The van der Waals surface area contributed by atoms with Gasteiger partial charge in [-0.3, -0.25) is 4.79 Å². The van der Waals surface area contributed by atoms with Crippen LogP contribution in [0.1, 0.15) is 20.3 Å². The van der Waals surface area contributed by atoms with Gasteiger partial charge in [0.2, 0.25) is 15.9 Å². The highest BCUT2D eigenvalue weighted by Crippen LogP contribution is 2.16. The Morgan fingerprint density at radius 3 is 2.40 bits per heavy atom. The Morgan fingerprint density at radius 2 is 2.00 bits per heavy atom. The van der Waals surface area contributed by atoms with Crippen molar-refractivity contribution in [2.45, 2.75) is 20.3 Å². The van der Waals surface area contributed by atoms with E-state index in [4.69, 9.17) is 16.7 Å². The lowest BCUT2D eigenvalue weighted by atomic mass is 9.95. The SMILES string of the molecule is CC(C)(CCl)C(=O)NCCCS(N)(=O)=O. The third kappa shape index (κ3) is 6.70. The molecule has 0 aliphatic heterocycles. The number of amides is 1. The molecule has 0 atom stereocenters. The van der Waals surface area contributed by atoms with E-state index in [1.807, 2.05) is 0 Å². The summed E-state index contributed by atoms with van der Waals surface area (Å²) in [5.41, 5.74) is -0.636. The van der Waals surface area contributed by atoms with Gasteiger partial charge in [0.15, 0.2) is 0 Å². The highest BCUT2D eigenvalue weighted by molar-refractivity contribution is 7.89. The average molecular weight is 257 g/mol. The molecule has 15 heavy (non-hydrogen) atoms. The van der Waals surface area contributed by atoms with E-state index in [9.17, 15) is 13.2 Å². The van der Waals surface area contributed by atoms with Crippen LogP contribution in [0, 0.1) is 5.41 Å². The van der Waals surface area contributed by atoms with Crippen molar-refractivity contribution in [1.29, 1.82) is 0 Å². The van der Waals surface area contributed by atoms with Crippen molar-refractivity contribution in [3.05, 3.63) is 0 Å². The zero-order chi connectivity index (χ0) is 12.1. The van der Waals surface area contributed by atoms with Crippen LogP contribution >= 0.6 is 11.6 Å². The van der Waals surface area contributed by atoms with Crippen LogP contribution in [0.5, 0.6) is 0 Å². The van der Waals surface area contributed by atoms with Crippen molar-refractivity contribution in [2.24, 2.45) is 10.6 Å². The second kappa shape index (κ2) is 5.67. The van der Waals surface area contributed by atoms with Gasteiger partial charge in [-0.2, -0.15) is 0 Å². The van der Waals surface area contributed by atoms with Gasteiger partial charge >= 0.3 is 0 Å². The number of alkyl halides is 1. The van der Waals surface area contributed by atoms with E-state index in [1.165, 1.54) is 0 Å². The van der Waals surface area contributed by atoms with E-state index in [2.05, 4.69) is 5.32 Å². The van der Waals surface area contributed by atoms with Crippen LogP contribution in [0.3, 0.4) is 0 Å². The van der Waals surface area contributed by atoms with E-state index < -0.39 is 15.4 Å². The number of carbonyl (C=O) groups is 1. The molecule has 0 aliphatic carbocycles. The fraction of sp³-hybridized carbons (Fsp3) is 0.875. The molecule has 0 saturated carbocycles. The standard InChI is InChI=1S/C8H17ClN2O3S/c1-8(2,6-9)7(12)11-4-3-5-15(10,13)14/h3-6H2,1-2H3,(H,11,12)(H2,10,13,14). The third-order valence-electron chi connectivity index (χ3n) is 1.84. The van der Waals surface area contributed by atoms with Crippen molar-refractivity contribution >= 4 is 27.5 Å². The molecule has 3 N–H and O–H groups in total. The molecule has 5 nitrogen and oxygen atoms in total. The number of hydrogen-bond acceptors (Lipinski definition) is 3. The van der Waals surface area contributed by atoms with Crippen molar-refractivity contribution in [1.82, 2.24) is 5.32 Å². The van der Waals surface area contributed by atoms with Gasteiger partial charge in [0.1, 0.15) is 0 Å². The second-order valence-corrected chi connectivity index (χ2v) is 6.00. The predicted octanol–water partition coefficient (Wildman–Crippen LogP) is 0.0462. The fourth-order valence-corrected chi connectivity index (χ4v) is 1.44. The molecule has 0 aromatic heterocycles. The van der Waals surface area contributed by atoms with Crippen molar-refractivity contribution in [3.8, 4) is 0 Å². The van der Waals surface area contributed by atoms with Crippen LogP contribution in [0.2, 0.25) is 0 Å². The minimum Gasteiger partial charge on any atom is -0.356 e. The highest BCUT2D eigenvalue weighted by Gasteiger charge is 2.25. The molecular weight excluding hydrogens is 240 g/mol. The summed E-state index contributed by atoms with van der Waals surface area (Å²) in [4.78, 5) is 11.4. The minimum absolute atomic E-state index is 0.130.